The number of likely N-dealkylation sites (tertiary alicyclic amines) is 1. The Morgan fingerprint density at radius 2 is 1.68 bits per heavy atom. The molecule has 1 aliphatic heterocycles. The Morgan fingerprint density at radius 3 is 2.29 bits per heavy atom. The van der Waals surface area contributed by atoms with Crippen molar-refractivity contribution in [3.8, 4) is 5.75 Å². The Bertz CT molecular complexity index is 647. The molecule has 1 aliphatic rings. The molecule has 3 rings (SSSR count). The topological polar surface area (TPSA) is 24.5 Å². The van der Waals surface area contributed by atoms with E-state index in [-0.39, 0.29) is 24.8 Å². The van der Waals surface area contributed by atoms with Crippen molar-refractivity contribution in [3.63, 3.8) is 0 Å². The van der Waals surface area contributed by atoms with E-state index in [2.05, 4.69) is 29.3 Å². The van der Waals surface area contributed by atoms with Crippen molar-refractivity contribution in [2.24, 2.45) is 5.92 Å². The van der Waals surface area contributed by atoms with E-state index in [1.54, 1.807) is 0 Å². The maximum Gasteiger partial charge on any atom is 0.119 e. The van der Waals surface area contributed by atoms with Gasteiger partial charge in [0.25, 0.3) is 0 Å². The predicted molar refractivity (Wildman–Crippen MR) is 123 cm³/mol. The number of para-hydroxylation sites is 1. The summed E-state index contributed by atoms with van der Waals surface area (Å²) in [7, 11) is 0. The molecule has 28 heavy (non-hydrogen) atoms. The largest absolute Gasteiger partial charge is 0.492 e. The summed E-state index contributed by atoms with van der Waals surface area (Å²) in [5.74, 6) is 1.62. The van der Waals surface area contributed by atoms with Crippen LogP contribution in [0.2, 0.25) is 5.02 Å². The summed E-state index contributed by atoms with van der Waals surface area (Å²) in [6.45, 7) is 7.19. The predicted octanol–water partition coefficient (Wildman–Crippen LogP) is 5.63. The van der Waals surface area contributed by atoms with Gasteiger partial charge in [0.2, 0.25) is 0 Å². The zero-order chi connectivity index (χ0) is 18.2. The standard InChI is InChI=1S/C22H29ClN2O.2ClH/c1-2-24-22(18-8-10-20(23)11-9-18)19-12-14-25(15-13-19)16-17-26-21-6-4-3-5-7-21;;/h3-11,19,22,24H,2,12-17H2,1H3;2*1H. The Kier molecular flexibility index (Phi) is 11.9. The highest BCUT2D eigenvalue weighted by atomic mass is 35.5. The van der Waals surface area contributed by atoms with Crippen LogP contribution in [0.15, 0.2) is 54.6 Å². The molecule has 1 unspecified atom stereocenters. The van der Waals surface area contributed by atoms with Gasteiger partial charge in [-0.05, 0) is 68.2 Å². The van der Waals surface area contributed by atoms with Crippen LogP contribution in [0.25, 0.3) is 0 Å². The number of benzene rings is 2. The van der Waals surface area contributed by atoms with E-state index in [9.17, 15) is 0 Å². The van der Waals surface area contributed by atoms with Crippen molar-refractivity contribution in [1.82, 2.24) is 10.2 Å². The molecule has 0 aliphatic carbocycles. The van der Waals surface area contributed by atoms with Gasteiger partial charge in [-0.1, -0.05) is 48.9 Å². The number of piperidine rings is 1. The highest BCUT2D eigenvalue weighted by Crippen LogP contribution is 2.31. The van der Waals surface area contributed by atoms with Gasteiger partial charge in [-0.3, -0.25) is 4.90 Å². The van der Waals surface area contributed by atoms with E-state index in [0.29, 0.717) is 12.0 Å². The van der Waals surface area contributed by atoms with Crippen LogP contribution >= 0.6 is 36.4 Å². The third kappa shape index (κ3) is 7.46. The molecule has 0 amide bonds. The fourth-order valence-corrected chi connectivity index (χ4v) is 3.89. The first-order valence-electron chi connectivity index (χ1n) is 9.65. The Balaban J connectivity index is 0.00000196. The summed E-state index contributed by atoms with van der Waals surface area (Å²) >= 11 is 6.05. The zero-order valence-electron chi connectivity index (χ0n) is 16.4. The highest BCUT2D eigenvalue weighted by Gasteiger charge is 2.27. The van der Waals surface area contributed by atoms with Crippen molar-refractivity contribution in [3.05, 3.63) is 65.2 Å². The van der Waals surface area contributed by atoms with E-state index >= 15 is 0 Å². The minimum Gasteiger partial charge on any atom is -0.492 e. The maximum atomic E-state index is 6.05. The van der Waals surface area contributed by atoms with Gasteiger partial charge in [0.05, 0.1) is 0 Å². The second-order valence-electron chi connectivity index (χ2n) is 6.93. The van der Waals surface area contributed by atoms with E-state index in [4.69, 9.17) is 16.3 Å². The summed E-state index contributed by atoms with van der Waals surface area (Å²) < 4.78 is 5.84. The molecule has 0 aromatic heterocycles. The molecule has 1 atom stereocenters. The monoisotopic (exact) mass is 444 g/mol. The van der Waals surface area contributed by atoms with Crippen LogP contribution in [0, 0.1) is 5.92 Å². The van der Waals surface area contributed by atoms with E-state index in [1.807, 2.05) is 42.5 Å². The first kappa shape index (κ1) is 25.1. The number of hydrogen-bond donors (Lipinski definition) is 1. The third-order valence-electron chi connectivity index (χ3n) is 5.18. The number of nitrogens with zero attached hydrogens (tertiary/aromatic N) is 1. The molecular formula is C22H31Cl3N2O. The number of rotatable bonds is 8. The maximum absolute atomic E-state index is 6.05. The van der Waals surface area contributed by atoms with Crippen LogP contribution < -0.4 is 10.1 Å². The SMILES string of the molecule is CCNC(c1ccc(Cl)cc1)C1CCN(CCOc2ccccc2)CC1.Cl.Cl. The third-order valence-corrected chi connectivity index (χ3v) is 5.43. The van der Waals surface area contributed by atoms with Crippen LogP contribution in [0.5, 0.6) is 5.75 Å². The highest BCUT2D eigenvalue weighted by molar-refractivity contribution is 6.30. The minimum absolute atomic E-state index is 0. The lowest BCUT2D eigenvalue weighted by Crippen LogP contribution is -2.40. The van der Waals surface area contributed by atoms with Crippen LogP contribution in [0.4, 0.5) is 0 Å². The van der Waals surface area contributed by atoms with Gasteiger partial charge in [0.1, 0.15) is 12.4 Å². The number of ether oxygens (including phenoxy) is 1. The van der Waals surface area contributed by atoms with Gasteiger partial charge in [-0.25, -0.2) is 0 Å². The number of nitrogens with one attached hydrogen (secondary N) is 1. The van der Waals surface area contributed by atoms with Crippen molar-refractivity contribution in [2.45, 2.75) is 25.8 Å². The Morgan fingerprint density at radius 1 is 1.04 bits per heavy atom. The molecule has 2 aromatic rings. The van der Waals surface area contributed by atoms with Crippen molar-refractivity contribution < 1.29 is 4.74 Å². The quantitative estimate of drug-likeness (QED) is 0.570. The summed E-state index contributed by atoms with van der Waals surface area (Å²) in [5, 5.41) is 4.48. The second kappa shape index (κ2) is 13.3. The van der Waals surface area contributed by atoms with Gasteiger partial charge >= 0.3 is 0 Å². The Labute approximate surface area is 186 Å². The minimum atomic E-state index is 0. The molecule has 0 spiro atoms. The molecule has 0 saturated carbocycles. The Hall–Kier alpha value is -0.970. The van der Waals surface area contributed by atoms with Gasteiger partial charge < -0.3 is 10.1 Å². The summed E-state index contributed by atoms with van der Waals surface area (Å²) in [4.78, 5) is 2.52. The first-order valence-corrected chi connectivity index (χ1v) is 10.0. The zero-order valence-corrected chi connectivity index (χ0v) is 18.7. The van der Waals surface area contributed by atoms with E-state index in [1.165, 1.54) is 18.4 Å². The molecule has 3 nitrogen and oxygen atoms in total. The lowest BCUT2D eigenvalue weighted by Gasteiger charge is -2.36. The molecule has 1 fully saturated rings. The molecular weight excluding hydrogens is 415 g/mol. The molecule has 6 heteroatoms. The fraction of sp³-hybridized carbons (Fsp3) is 0.455. The molecule has 1 N–H and O–H groups in total. The van der Waals surface area contributed by atoms with E-state index in [0.717, 1.165) is 43.6 Å². The van der Waals surface area contributed by atoms with Gasteiger partial charge in [-0.15, -0.1) is 24.8 Å². The lowest BCUT2D eigenvalue weighted by molar-refractivity contribution is 0.138. The van der Waals surface area contributed by atoms with Crippen LogP contribution in [0.1, 0.15) is 31.4 Å². The average molecular weight is 446 g/mol. The summed E-state index contributed by atoms with van der Waals surface area (Å²) in [6, 6.07) is 18.8. The summed E-state index contributed by atoms with van der Waals surface area (Å²) in [5.41, 5.74) is 1.35. The van der Waals surface area contributed by atoms with Crippen molar-refractivity contribution in [2.75, 3.05) is 32.8 Å². The van der Waals surface area contributed by atoms with Gasteiger partial charge in [0.15, 0.2) is 0 Å². The molecule has 0 bridgehead atoms. The molecule has 156 valence electrons. The van der Waals surface area contributed by atoms with Crippen LogP contribution in [-0.2, 0) is 0 Å². The lowest BCUT2D eigenvalue weighted by atomic mass is 9.85. The fourth-order valence-electron chi connectivity index (χ4n) is 3.77. The van der Waals surface area contributed by atoms with Crippen molar-refractivity contribution in [1.29, 1.82) is 0 Å². The summed E-state index contributed by atoms with van der Waals surface area (Å²) in [6.07, 6.45) is 2.43. The number of hydrogen-bond acceptors (Lipinski definition) is 3. The number of halogens is 3. The van der Waals surface area contributed by atoms with Gasteiger partial charge in [0, 0.05) is 17.6 Å². The smallest absolute Gasteiger partial charge is 0.119 e. The molecule has 1 heterocycles. The van der Waals surface area contributed by atoms with Crippen LogP contribution in [0.3, 0.4) is 0 Å². The van der Waals surface area contributed by atoms with Crippen molar-refractivity contribution >= 4 is 36.4 Å². The van der Waals surface area contributed by atoms with Crippen LogP contribution in [-0.4, -0.2) is 37.7 Å². The van der Waals surface area contributed by atoms with E-state index < -0.39 is 0 Å². The average Bonchev–Trinajstić information content (AvgIpc) is 2.69. The molecule has 0 radical (unpaired) electrons. The normalized spacial score (nSPS) is 15.9. The molecule has 2 aromatic carbocycles. The second-order valence-corrected chi connectivity index (χ2v) is 7.36. The molecule has 1 saturated heterocycles. The first-order chi connectivity index (χ1) is 12.8. The van der Waals surface area contributed by atoms with Gasteiger partial charge in [-0.2, -0.15) is 0 Å².